The molecule has 3 heteroatoms. The Kier molecular flexibility index (Phi) is 2.92. The first-order valence-corrected chi connectivity index (χ1v) is 6.58. The molecule has 0 amide bonds. The molecule has 2 heterocycles. The van der Waals surface area contributed by atoms with Crippen LogP contribution in [0.4, 0.5) is 5.82 Å². The molecule has 0 atom stereocenters. The van der Waals surface area contributed by atoms with Crippen LogP contribution in [0.2, 0.25) is 0 Å². The second-order valence-corrected chi connectivity index (χ2v) is 4.99. The van der Waals surface area contributed by atoms with Crippen molar-refractivity contribution in [2.45, 2.75) is 13.8 Å². The molecule has 0 unspecified atom stereocenters. The predicted octanol–water partition coefficient (Wildman–Crippen LogP) is 2.26. The Morgan fingerprint density at radius 1 is 1.06 bits per heavy atom. The van der Waals surface area contributed by atoms with E-state index in [0.29, 0.717) is 0 Å². The summed E-state index contributed by atoms with van der Waals surface area (Å²) in [6, 6.07) is 8.66. The summed E-state index contributed by atoms with van der Waals surface area (Å²) < 4.78 is 0. The first-order valence-electron chi connectivity index (χ1n) is 6.58. The van der Waals surface area contributed by atoms with Gasteiger partial charge in [0.2, 0.25) is 0 Å². The number of aryl methyl sites for hydroxylation is 2. The fourth-order valence-corrected chi connectivity index (χ4v) is 2.49. The fourth-order valence-electron chi connectivity index (χ4n) is 2.49. The molecule has 3 rings (SSSR count). The molecule has 0 aliphatic carbocycles. The molecule has 0 radical (unpaired) electrons. The highest BCUT2D eigenvalue weighted by Crippen LogP contribution is 2.23. The molecule has 3 nitrogen and oxygen atoms in total. The quantitative estimate of drug-likeness (QED) is 0.830. The van der Waals surface area contributed by atoms with Crippen LogP contribution in [0.5, 0.6) is 0 Å². The molecular formula is C15H19N3. The Balaban J connectivity index is 2.06. The summed E-state index contributed by atoms with van der Waals surface area (Å²) in [7, 11) is 0. The molecule has 94 valence electrons. The van der Waals surface area contributed by atoms with Crippen LogP contribution in [0.1, 0.15) is 11.1 Å². The summed E-state index contributed by atoms with van der Waals surface area (Å²) in [5, 5.41) is 4.61. The molecule has 1 aromatic carbocycles. The number of hydrogen-bond donors (Lipinski definition) is 1. The van der Waals surface area contributed by atoms with Crippen LogP contribution in [-0.2, 0) is 0 Å². The van der Waals surface area contributed by atoms with E-state index in [1.165, 1.54) is 16.5 Å². The Bertz CT molecular complexity index is 571. The number of nitrogens with one attached hydrogen (secondary N) is 1. The highest BCUT2D eigenvalue weighted by molar-refractivity contribution is 5.84. The Labute approximate surface area is 108 Å². The molecule has 0 spiro atoms. The highest BCUT2D eigenvalue weighted by atomic mass is 15.2. The second-order valence-electron chi connectivity index (χ2n) is 4.99. The van der Waals surface area contributed by atoms with E-state index in [9.17, 15) is 0 Å². The van der Waals surface area contributed by atoms with E-state index in [1.54, 1.807) is 0 Å². The van der Waals surface area contributed by atoms with Gasteiger partial charge in [0.25, 0.3) is 0 Å². The van der Waals surface area contributed by atoms with Crippen molar-refractivity contribution in [2.75, 3.05) is 31.1 Å². The topological polar surface area (TPSA) is 28.2 Å². The number of pyridine rings is 1. The van der Waals surface area contributed by atoms with Crippen LogP contribution in [0.25, 0.3) is 10.9 Å². The molecular weight excluding hydrogens is 222 g/mol. The number of hydrogen-bond acceptors (Lipinski definition) is 3. The van der Waals surface area contributed by atoms with Gasteiger partial charge in [-0.05, 0) is 37.1 Å². The van der Waals surface area contributed by atoms with E-state index in [-0.39, 0.29) is 0 Å². The van der Waals surface area contributed by atoms with E-state index in [4.69, 9.17) is 4.98 Å². The Morgan fingerprint density at radius 2 is 1.78 bits per heavy atom. The monoisotopic (exact) mass is 241 g/mol. The van der Waals surface area contributed by atoms with E-state index < -0.39 is 0 Å². The third-order valence-corrected chi connectivity index (χ3v) is 3.81. The molecule has 1 N–H and O–H groups in total. The maximum atomic E-state index is 4.86. The van der Waals surface area contributed by atoms with Crippen molar-refractivity contribution in [3.05, 3.63) is 35.4 Å². The van der Waals surface area contributed by atoms with Crippen LogP contribution < -0.4 is 10.2 Å². The molecule has 1 aliphatic heterocycles. The number of piperazine rings is 1. The van der Waals surface area contributed by atoms with E-state index in [2.05, 4.69) is 48.3 Å². The largest absolute Gasteiger partial charge is 0.354 e. The lowest BCUT2D eigenvalue weighted by molar-refractivity contribution is 0.585. The van der Waals surface area contributed by atoms with Gasteiger partial charge in [-0.15, -0.1) is 0 Å². The number of aromatic nitrogens is 1. The minimum Gasteiger partial charge on any atom is -0.354 e. The van der Waals surface area contributed by atoms with Gasteiger partial charge in [-0.25, -0.2) is 4.98 Å². The van der Waals surface area contributed by atoms with Gasteiger partial charge in [0, 0.05) is 31.6 Å². The number of fused-ring (bicyclic) bond motifs is 1. The van der Waals surface area contributed by atoms with Crippen molar-refractivity contribution in [3.63, 3.8) is 0 Å². The normalized spacial score (nSPS) is 16.2. The molecule has 2 aromatic rings. The average Bonchev–Trinajstić information content (AvgIpc) is 2.44. The van der Waals surface area contributed by atoms with Gasteiger partial charge in [-0.2, -0.15) is 0 Å². The first kappa shape index (κ1) is 11.5. The Morgan fingerprint density at radius 3 is 2.56 bits per heavy atom. The van der Waals surface area contributed by atoms with Crippen molar-refractivity contribution < 1.29 is 0 Å². The van der Waals surface area contributed by atoms with E-state index in [1.807, 2.05) is 0 Å². The van der Waals surface area contributed by atoms with Gasteiger partial charge < -0.3 is 10.2 Å². The van der Waals surface area contributed by atoms with Crippen molar-refractivity contribution >= 4 is 16.7 Å². The molecule has 1 aliphatic rings. The minimum atomic E-state index is 1.05. The smallest absolute Gasteiger partial charge is 0.129 e. The number of nitrogens with zero attached hydrogens (tertiary/aromatic N) is 2. The van der Waals surface area contributed by atoms with Gasteiger partial charge in [0.15, 0.2) is 0 Å². The van der Waals surface area contributed by atoms with Crippen molar-refractivity contribution in [2.24, 2.45) is 0 Å². The minimum absolute atomic E-state index is 1.05. The molecule has 18 heavy (non-hydrogen) atoms. The highest BCUT2D eigenvalue weighted by Gasteiger charge is 2.12. The van der Waals surface area contributed by atoms with Gasteiger partial charge in [0.05, 0.1) is 5.52 Å². The zero-order valence-electron chi connectivity index (χ0n) is 11.0. The van der Waals surface area contributed by atoms with E-state index in [0.717, 1.165) is 37.5 Å². The summed E-state index contributed by atoms with van der Waals surface area (Å²) in [4.78, 5) is 7.22. The molecule has 0 saturated carbocycles. The van der Waals surface area contributed by atoms with Crippen molar-refractivity contribution in [3.8, 4) is 0 Å². The van der Waals surface area contributed by atoms with Crippen LogP contribution in [0.3, 0.4) is 0 Å². The molecule has 0 bridgehead atoms. The van der Waals surface area contributed by atoms with Crippen LogP contribution in [-0.4, -0.2) is 31.2 Å². The van der Waals surface area contributed by atoms with Crippen LogP contribution in [0, 0.1) is 13.8 Å². The third-order valence-electron chi connectivity index (χ3n) is 3.81. The second kappa shape index (κ2) is 4.58. The Hall–Kier alpha value is -1.61. The maximum Gasteiger partial charge on any atom is 0.129 e. The fraction of sp³-hybridized carbons (Fsp3) is 0.400. The van der Waals surface area contributed by atoms with Gasteiger partial charge in [-0.3, -0.25) is 0 Å². The van der Waals surface area contributed by atoms with Crippen molar-refractivity contribution in [1.82, 2.24) is 10.3 Å². The number of rotatable bonds is 1. The molecule has 1 fully saturated rings. The predicted molar refractivity (Wildman–Crippen MR) is 76.3 cm³/mol. The van der Waals surface area contributed by atoms with Crippen LogP contribution in [0.15, 0.2) is 24.3 Å². The van der Waals surface area contributed by atoms with Crippen LogP contribution >= 0.6 is 0 Å². The first-order chi connectivity index (χ1) is 8.75. The van der Waals surface area contributed by atoms with Gasteiger partial charge in [-0.1, -0.05) is 12.1 Å². The lowest BCUT2D eigenvalue weighted by Crippen LogP contribution is -2.43. The summed E-state index contributed by atoms with van der Waals surface area (Å²) in [6.45, 7) is 8.49. The summed E-state index contributed by atoms with van der Waals surface area (Å²) >= 11 is 0. The third kappa shape index (κ3) is 1.95. The van der Waals surface area contributed by atoms with Gasteiger partial charge in [0.1, 0.15) is 5.82 Å². The summed E-state index contributed by atoms with van der Waals surface area (Å²) in [5.41, 5.74) is 3.75. The number of anilines is 1. The standard InChI is InChI=1S/C15H19N3/c1-11-3-4-13-5-6-14(17-15(13)12(11)2)18-9-7-16-8-10-18/h3-6,16H,7-10H2,1-2H3. The summed E-state index contributed by atoms with van der Waals surface area (Å²) in [5.74, 6) is 1.11. The lowest BCUT2D eigenvalue weighted by atomic mass is 10.1. The van der Waals surface area contributed by atoms with Gasteiger partial charge >= 0.3 is 0 Å². The zero-order chi connectivity index (χ0) is 12.5. The van der Waals surface area contributed by atoms with Crippen molar-refractivity contribution in [1.29, 1.82) is 0 Å². The number of benzene rings is 1. The average molecular weight is 241 g/mol. The zero-order valence-corrected chi connectivity index (χ0v) is 11.0. The SMILES string of the molecule is Cc1ccc2ccc(N3CCNCC3)nc2c1C. The van der Waals surface area contributed by atoms with E-state index >= 15 is 0 Å². The lowest BCUT2D eigenvalue weighted by Gasteiger charge is -2.28. The molecule has 1 saturated heterocycles. The summed E-state index contributed by atoms with van der Waals surface area (Å²) in [6.07, 6.45) is 0. The maximum absolute atomic E-state index is 4.86. The molecule has 1 aromatic heterocycles.